The molecule has 1 N–H and O–H groups in total. The van der Waals surface area contributed by atoms with E-state index in [2.05, 4.69) is 13.5 Å². The number of ether oxygens (including phenoxy) is 2. The van der Waals surface area contributed by atoms with Crippen LogP contribution in [0.3, 0.4) is 0 Å². The molecule has 4 saturated carbocycles. The van der Waals surface area contributed by atoms with E-state index in [1.165, 1.54) is 0 Å². The van der Waals surface area contributed by atoms with Crippen LogP contribution in [-0.2, 0) is 23.8 Å². The van der Waals surface area contributed by atoms with Gasteiger partial charge in [0.25, 0.3) is 10.1 Å². The zero-order valence-corrected chi connectivity index (χ0v) is 14.8. The summed E-state index contributed by atoms with van der Waals surface area (Å²) in [5, 5.41) is 11.1. The van der Waals surface area contributed by atoms with Crippen molar-refractivity contribution in [2.75, 3.05) is 26.8 Å². The fraction of sp³-hybridized carbons (Fsp3) is 0.875. The molecule has 6 atom stereocenters. The van der Waals surface area contributed by atoms with Gasteiger partial charge in [0.15, 0.2) is 0 Å². The lowest BCUT2D eigenvalue weighted by Crippen LogP contribution is -2.64. The van der Waals surface area contributed by atoms with E-state index in [0.29, 0.717) is 25.9 Å². The molecule has 0 heterocycles. The number of hydrogen-bond acceptors (Lipinski definition) is 6. The van der Waals surface area contributed by atoms with Crippen molar-refractivity contribution >= 4 is 10.1 Å². The third-order valence-electron chi connectivity index (χ3n) is 6.10. The second-order valence-corrected chi connectivity index (χ2v) is 8.97. The Hall–Kier alpha value is -0.470. The van der Waals surface area contributed by atoms with Crippen molar-refractivity contribution in [3.63, 3.8) is 0 Å². The average molecular weight is 346 g/mol. The van der Waals surface area contributed by atoms with Gasteiger partial charge in [0.2, 0.25) is 0 Å². The molecule has 4 fully saturated rings. The summed E-state index contributed by atoms with van der Waals surface area (Å²) in [5.41, 5.74) is -1.02. The summed E-state index contributed by atoms with van der Waals surface area (Å²) in [6.07, 6.45) is 2.74. The highest BCUT2D eigenvalue weighted by Gasteiger charge is 2.71. The fourth-order valence-electron chi connectivity index (χ4n) is 5.44. The summed E-state index contributed by atoms with van der Waals surface area (Å²) in [4.78, 5) is 0. The number of fused-ring (bicyclic) bond motifs is 1. The van der Waals surface area contributed by atoms with E-state index in [9.17, 15) is 13.5 Å². The maximum Gasteiger partial charge on any atom is 0.265 e. The van der Waals surface area contributed by atoms with Crippen LogP contribution < -0.4 is 0 Å². The molecule has 0 unspecified atom stereocenters. The van der Waals surface area contributed by atoms with E-state index in [-0.39, 0.29) is 30.5 Å². The van der Waals surface area contributed by atoms with Gasteiger partial charge in [0, 0.05) is 13.0 Å². The van der Waals surface area contributed by atoms with E-state index in [0.717, 1.165) is 11.8 Å². The van der Waals surface area contributed by atoms with Crippen molar-refractivity contribution in [2.24, 2.45) is 23.7 Å². The Bertz CT molecular complexity index is 602. The lowest BCUT2D eigenvalue weighted by molar-refractivity contribution is -0.176. The largest absolute Gasteiger partial charge is 0.389 e. The molecule has 0 aromatic carbocycles. The molecule has 0 radical (unpaired) electrons. The summed E-state index contributed by atoms with van der Waals surface area (Å²) < 4.78 is 39.7. The summed E-state index contributed by atoms with van der Waals surface area (Å²) in [5.74, 6) is 0.0159. The number of rotatable bonds is 6. The standard InChI is InChI=1S/C16H26O6S/c1-10-13(8-21-9-20-3)12-7-15(17)5-6-16(11(12)2,14(10)15)22-23(4,18)19/h10,12-14,17H,2,5-9H2,1,3-4H3/t10-,12-,13-,14+,15+,16-/m0/s1. The van der Waals surface area contributed by atoms with Crippen LogP contribution in [0.5, 0.6) is 0 Å². The summed E-state index contributed by atoms with van der Waals surface area (Å²) in [7, 11) is -2.06. The molecule has 0 amide bonds. The summed E-state index contributed by atoms with van der Waals surface area (Å²) in [6.45, 7) is 6.98. The monoisotopic (exact) mass is 346 g/mol. The van der Waals surface area contributed by atoms with Crippen LogP contribution in [0.4, 0.5) is 0 Å². The normalized spacial score (nSPS) is 45.7. The van der Waals surface area contributed by atoms with Gasteiger partial charge in [-0.05, 0) is 42.6 Å². The first-order chi connectivity index (χ1) is 10.6. The van der Waals surface area contributed by atoms with Crippen molar-refractivity contribution in [1.29, 1.82) is 0 Å². The second kappa shape index (κ2) is 5.52. The number of methoxy groups -OCH3 is 1. The zero-order chi connectivity index (χ0) is 17.0. The van der Waals surface area contributed by atoms with Gasteiger partial charge in [-0.2, -0.15) is 8.42 Å². The molecule has 0 aliphatic heterocycles. The van der Waals surface area contributed by atoms with Gasteiger partial charge in [0.05, 0.1) is 18.5 Å². The van der Waals surface area contributed by atoms with Gasteiger partial charge in [-0.1, -0.05) is 13.5 Å². The second-order valence-electron chi connectivity index (χ2n) is 7.39. The molecule has 4 aliphatic carbocycles. The molecule has 4 bridgehead atoms. The highest BCUT2D eigenvalue weighted by Crippen LogP contribution is 2.67. The van der Waals surface area contributed by atoms with Crippen LogP contribution in [0.25, 0.3) is 0 Å². The predicted molar refractivity (Wildman–Crippen MR) is 84.1 cm³/mol. The molecule has 0 aromatic heterocycles. The van der Waals surface area contributed by atoms with Crippen LogP contribution in [0.2, 0.25) is 0 Å². The van der Waals surface area contributed by atoms with Crippen molar-refractivity contribution in [3.8, 4) is 0 Å². The van der Waals surface area contributed by atoms with Gasteiger partial charge >= 0.3 is 0 Å². The average Bonchev–Trinajstić information content (AvgIpc) is 2.67. The molecule has 4 aliphatic rings. The predicted octanol–water partition coefficient (Wildman–Crippen LogP) is 1.30. The van der Waals surface area contributed by atoms with Crippen LogP contribution in [-0.4, -0.2) is 51.5 Å². The van der Waals surface area contributed by atoms with Gasteiger partial charge in [-0.25, -0.2) is 0 Å². The van der Waals surface area contributed by atoms with Crippen molar-refractivity contribution < 1.29 is 27.2 Å². The van der Waals surface area contributed by atoms with E-state index < -0.39 is 21.3 Å². The highest BCUT2D eigenvalue weighted by molar-refractivity contribution is 7.86. The first-order valence-electron chi connectivity index (χ1n) is 8.03. The molecule has 0 spiro atoms. The van der Waals surface area contributed by atoms with E-state index >= 15 is 0 Å². The number of hydrogen-bond donors (Lipinski definition) is 1. The molecule has 6 nitrogen and oxygen atoms in total. The maximum absolute atomic E-state index is 11.8. The van der Waals surface area contributed by atoms with Crippen LogP contribution in [0.1, 0.15) is 26.2 Å². The molecule has 0 saturated heterocycles. The van der Waals surface area contributed by atoms with Crippen molar-refractivity contribution in [1.82, 2.24) is 0 Å². The SMILES string of the molecule is C=C1[C@@H]2C[C@]3(O)CC[C@@]1(OS(C)(=O)=O)[C@@H]3[C@@H](C)[C@@H]2COCOC. The molecule has 0 aromatic rings. The third-order valence-corrected chi connectivity index (χ3v) is 6.70. The first-order valence-corrected chi connectivity index (χ1v) is 9.85. The molecular formula is C16H26O6S. The Morgan fingerprint density at radius 1 is 1.39 bits per heavy atom. The van der Waals surface area contributed by atoms with Gasteiger partial charge in [0.1, 0.15) is 12.4 Å². The van der Waals surface area contributed by atoms with E-state index in [1.54, 1.807) is 7.11 Å². The van der Waals surface area contributed by atoms with E-state index in [4.69, 9.17) is 13.7 Å². The molecule has 23 heavy (non-hydrogen) atoms. The van der Waals surface area contributed by atoms with Gasteiger partial charge in [-0.15, -0.1) is 0 Å². The minimum Gasteiger partial charge on any atom is -0.389 e. The first kappa shape index (κ1) is 17.4. The van der Waals surface area contributed by atoms with E-state index in [1.807, 2.05) is 0 Å². The smallest absolute Gasteiger partial charge is 0.265 e. The summed E-state index contributed by atoms with van der Waals surface area (Å²) in [6, 6.07) is 0. The highest BCUT2D eigenvalue weighted by atomic mass is 32.2. The minimum atomic E-state index is -3.63. The third kappa shape index (κ3) is 2.57. The molecule has 7 heteroatoms. The van der Waals surface area contributed by atoms with Gasteiger partial charge < -0.3 is 14.6 Å². The quantitative estimate of drug-likeness (QED) is 0.338. The lowest BCUT2D eigenvalue weighted by atomic mass is 9.49. The van der Waals surface area contributed by atoms with Crippen molar-refractivity contribution in [2.45, 2.75) is 37.4 Å². The Balaban J connectivity index is 1.94. The zero-order valence-electron chi connectivity index (χ0n) is 13.9. The Morgan fingerprint density at radius 3 is 2.70 bits per heavy atom. The molecule has 4 rings (SSSR count). The number of aliphatic hydroxyl groups is 1. The molecule has 132 valence electrons. The minimum absolute atomic E-state index is 0.00102. The summed E-state index contributed by atoms with van der Waals surface area (Å²) >= 11 is 0. The topological polar surface area (TPSA) is 82.1 Å². The maximum atomic E-state index is 11.8. The molecular weight excluding hydrogens is 320 g/mol. The van der Waals surface area contributed by atoms with Crippen LogP contribution >= 0.6 is 0 Å². The van der Waals surface area contributed by atoms with Crippen LogP contribution in [0, 0.1) is 23.7 Å². The Labute approximate surface area is 137 Å². The fourth-order valence-corrected chi connectivity index (χ4v) is 6.28. The van der Waals surface area contributed by atoms with Crippen molar-refractivity contribution in [3.05, 3.63) is 12.2 Å². The van der Waals surface area contributed by atoms with Crippen LogP contribution in [0.15, 0.2) is 12.2 Å². The lowest BCUT2D eigenvalue weighted by Gasteiger charge is -2.59. The Morgan fingerprint density at radius 2 is 2.09 bits per heavy atom. The van der Waals surface area contributed by atoms with Gasteiger partial charge in [-0.3, -0.25) is 4.18 Å². The Kier molecular flexibility index (Phi) is 4.17.